The van der Waals surface area contributed by atoms with Crippen LogP contribution in [0, 0.1) is 13.8 Å². The zero-order chi connectivity index (χ0) is 23.5. The van der Waals surface area contributed by atoms with Gasteiger partial charge in [-0.3, -0.25) is 4.79 Å². The minimum absolute atomic E-state index is 0.0262. The number of amidine groups is 1. The number of nitrogens with one attached hydrogen (secondary N) is 1. The first-order chi connectivity index (χ1) is 15.9. The summed E-state index contributed by atoms with van der Waals surface area (Å²) in [6, 6.07) is 6.16. The number of aryl methyl sites for hydroxylation is 2. The Morgan fingerprint density at radius 2 is 1.94 bits per heavy atom. The molecule has 1 aliphatic carbocycles. The number of thioether (sulfide) groups is 1. The molecule has 7 heteroatoms. The van der Waals surface area contributed by atoms with E-state index in [-0.39, 0.29) is 30.4 Å². The summed E-state index contributed by atoms with van der Waals surface area (Å²) in [5.41, 5.74) is 5.35. The molecule has 2 heterocycles. The van der Waals surface area contributed by atoms with Gasteiger partial charge in [0.2, 0.25) is 5.91 Å². The minimum atomic E-state index is -0.374. The molecule has 2 aliphatic heterocycles. The molecule has 0 aromatic heterocycles. The third-order valence-electron chi connectivity index (χ3n) is 6.53. The van der Waals surface area contributed by atoms with Gasteiger partial charge < -0.3 is 15.0 Å². The Hall–Kier alpha value is -2.54. The third-order valence-corrected chi connectivity index (χ3v) is 7.42. The summed E-state index contributed by atoms with van der Waals surface area (Å²) in [5.74, 6) is -0.330. The molecule has 0 bridgehead atoms. The average molecular weight is 468 g/mol. The quantitative estimate of drug-likeness (QED) is 0.577. The fourth-order valence-corrected chi connectivity index (χ4v) is 5.92. The van der Waals surface area contributed by atoms with Gasteiger partial charge in [-0.25, -0.2) is 9.79 Å². The van der Waals surface area contributed by atoms with Crippen molar-refractivity contribution in [2.75, 3.05) is 6.61 Å². The lowest BCUT2D eigenvalue weighted by molar-refractivity contribution is -0.139. The van der Waals surface area contributed by atoms with E-state index in [0.717, 1.165) is 40.4 Å². The highest BCUT2D eigenvalue weighted by atomic mass is 32.2. The molecule has 1 aromatic rings. The van der Waals surface area contributed by atoms with Crippen LogP contribution in [0.1, 0.15) is 75.1 Å². The number of nitrogens with zero attached hydrogens (tertiary/aromatic N) is 2. The second kappa shape index (κ2) is 10.2. The van der Waals surface area contributed by atoms with Crippen LogP contribution in [0.4, 0.5) is 0 Å². The van der Waals surface area contributed by atoms with Crippen LogP contribution in [0.5, 0.6) is 0 Å². The van der Waals surface area contributed by atoms with Crippen LogP contribution in [0.3, 0.4) is 0 Å². The number of benzene rings is 1. The Morgan fingerprint density at radius 3 is 2.64 bits per heavy atom. The predicted molar refractivity (Wildman–Crippen MR) is 133 cm³/mol. The highest BCUT2D eigenvalue weighted by Crippen LogP contribution is 2.45. The van der Waals surface area contributed by atoms with Crippen LogP contribution < -0.4 is 5.32 Å². The van der Waals surface area contributed by atoms with Crippen molar-refractivity contribution in [3.05, 3.63) is 57.3 Å². The van der Waals surface area contributed by atoms with Gasteiger partial charge in [-0.15, -0.1) is 0 Å². The van der Waals surface area contributed by atoms with Crippen molar-refractivity contribution < 1.29 is 14.3 Å². The summed E-state index contributed by atoms with van der Waals surface area (Å²) in [6.45, 7) is 8.09. The summed E-state index contributed by atoms with van der Waals surface area (Å²) in [4.78, 5) is 32.8. The molecule has 0 saturated heterocycles. The van der Waals surface area contributed by atoms with Crippen molar-refractivity contribution in [1.29, 1.82) is 0 Å². The molecule has 1 aromatic carbocycles. The molecule has 1 N–H and O–H groups in total. The first kappa shape index (κ1) is 23.6. The molecule has 4 rings (SSSR count). The van der Waals surface area contributed by atoms with E-state index in [4.69, 9.17) is 9.73 Å². The monoisotopic (exact) mass is 467 g/mol. The molecule has 1 amide bonds. The smallest absolute Gasteiger partial charge is 0.338 e. The summed E-state index contributed by atoms with van der Waals surface area (Å²) in [6.07, 6.45) is 5.97. The van der Waals surface area contributed by atoms with Crippen LogP contribution in [-0.2, 0) is 14.3 Å². The van der Waals surface area contributed by atoms with Crippen LogP contribution in [0.25, 0.3) is 0 Å². The van der Waals surface area contributed by atoms with Crippen LogP contribution >= 0.6 is 11.8 Å². The maximum Gasteiger partial charge on any atom is 0.338 e. The molecule has 176 valence electrons. The summed E-state index contributed by atoms with van der Waals surface area (Å²) >= 11 is 1.51. The molecule has 33 heavy (non-hydrogen) atoms. The van der Waals surface area contributed by atoms with Crippen molar-refractivity contribution in [2.45, 2.75) is 78.3 Å². The van der Waals surface area contributed by atoms with E-state index in [0.29, 0.717) is 17.9 Å². The average Bonchev–Trinajstić information content (AvgIpc) is 3.15. The zero-order valence-electron chi connectivity index (χ0n) is 19.9. The van der Waals surface area contributed by atoms with Gasteiger partial charge in [-0.2, -0.15) is 0 Å². The Kier molecular flexibility index (Phi) is 7.27. The highest BCUT2D eigenvalue weighted by Gasteiger charge is 2.41. The Morgan fingerprint density at radius 1 is 1.18 bits per heavy atom. The second-order valence-electron chi connectivity index (χ2n) is 9.05. The lowest BCUT2D eigenvalue weighted by Gasteiger charge is -2.37. The topological polar surface area (TPSA) is 71.0 Å². The number of carbonyl (C=O) groups excluding carboxylic acids is 2. The second-order valence-corrected chi connectivity index (χ2v) is 9.89. The number of ether oxygens (including phenoxy) is 1. The lowest BCUT2D eigenvalue weighted by atomic mass is 9.90. The Bertz CT molecular complexity index is 1040. The molecule has 1 saturated carbocycles. The molecule has 6 nitrogen and oxygen atoms in total. The number of fused-ring (bicyclic) bond motifs is 1. The molecule has 0 spiro atoms. The van der Waals surface area contributed by atoms with Crippen LogP contribution in [0.2, 0.25) is 0 Å². The van der Waals surface area contributed by atoms with Crippen molar-refractivity contribution >= 4 is 28.8 Å². The molecular weight excluding hydrogens is 434 g/mol. The molecule has 1 atom stereocenters. The number of allylic oxidation sites excluding steroid dienone is 1. The van der Waals surface area contributed by atoms with Crippen molar-refractivity contribution in [3.8, 4) is 0 Å². The maximum absolute atomic E-state index is 13.1. The number of esters is 1. The van der Waals surface area contributed by atoms with Crippen LogP contribution in [0.15, 0.2) is 45.6 Å². The minimum Gasteiger partial charge on any atom is -0.463 e. The number of hydrogen-bond donors (Lipinski definition) is 1. The molecule has 3 aliphatic rings. The van der Waals surface area contributed by atoms with Gasteiger partial charge in [0.1, 0.15) is 0 Å². The van der Waals surface area contributed by atoms with E-state index in [1.165, 1.54) is 31.0 Å². The maximum atomic E-state index is 13.1. The van der Waals surface area contributed by atoms with E-state index in [1.807, 2.05) is 19.3 Å². The van der Waals surface area contributed by atoms with Gasteiger partial charge in [0.15, 0.2) is 5.17 Å². The lowest BCUT2D eigenvalue weighted by Crippen LogP contribution is -2.40. The fourth-order valence-electron chi connectivity index (χ4n) is 4.96. The number of hydrogen-bond acceptors (Lipinski definition) is 6. The van der Waals surface area contributed by atoms with Crippen molar-refractivity contribution in [3.63, 3.8) is 0 Å². The van der Waals surface area contributed by atoms with Crippen LogP contribution in [-0.4, -0.2) is 34.6 Å². The normalized spacial score (nSPS) is 20.8. The van der Waals surface area contributed by atoms with Gasteiger partial charge in [0, 0.05) is 11.7 Å². The SMILES string of the molecule is CCOC(=O)C1=C(C)N=C2SC=C(CC(=O)NC3CCCCC3)N2C1c1ccc(C)cc1C. The van der Waals surface area contributed by atoms with E-state index in [1.54, 1.807) is 0 Å². The van der Waals surface area contributed by atoms with Gasteiger partial charge in [0.05, 0.1) is 30.3 Å². The number of amides is 1. The van der Waals surface area contributed by atoms with Gasteiger partial charge in [-0.1, -0.05) is 54.8 Å². The summed E-state index contributed by atoms with van der Waals surface area (Å²) in [5, 5.41) is 6.01. The van der Waals surface area contributed by atoms with Gasteiger partial charge in [0.25, 0.3) is 0 Å². The van der Waals surface area contributed by atoms with E-state index >= 15 is 0 Å². The van der Waals surface area contributed by atoms with Gasteiger partial charge >= 0.3 is 5.97 Å². The number of aliphatic imine (C=N–C) groups is 1. The van der Waals surface area contributed by atoms with E-state index in [9.17, 15) is 9.59 Å². The molecule has 0 radical (unpaired) electrons. The number of rotatable bonds is 6. The molecular formula is C26H33N3O3S. The standard InChI is InChI=1S/C26H33N3O3S/c1-5-32-25(31)23-18(4)27-26-29(24(23)21-12-11-16(2)13-17(21)3)20(15-33-26)14-22(30)28-19-9-7-6-8-10-19/h11-13,15,19,24H,5-10,14H2,1-4H3,(H,28,30). The van der Waals surface area contributed by atoms with Crippen molar-refractivity contribution in [1.82, 2.24) is 10.2 Å². The first-order valence-corrected chi connectivity index (χ1v) is 12.7. The zero-order valence-corrected chi connectivity index (χ0v) is 20.8. The largest absolute Gasteiger partial charge is 0.463 e. The summed E-state index contributed by atoms with van der Waals surface area (Å²) < 4.78 is 5.43. The van der Waals surface area contributed by atoms with E-state index < -0.39 is 0 Å². The van der Waals surface area contributed by atoms with E-state index in [2.05, 4.69) is 42.3 Å². The Labute approximate surface area is 200 Å². The number of carbonyl (C=O) groups is 2. The highest BCUT2D eigenvalue weighted by molar-refractivity contribution is 8.16. The van der Waals surface area contributed by atoms with Crippen molar-refractivity contribution in [2.24, 2.45) is 4.99 Å². The predicted octanol–water partition coefficient (Wildman–Crippen LogP) is 5.28. The Balaban J connectivity index is 1.66. The first-order valence-electron chi connectivity index (χ1n) is 11.9. The van der Waals surface area contributed by atoms with Gasteiger partial charge in [-0.05, 0) is 57.1 Å². The summed E-state index contributed by atoms with van der Waals surface area (Å²) in [7, 11) is 0. The fraction of sp³-hybridized carbons (Fsp3) is 0.500. The molecule has 1 unspecified atom stereocenters. The molecule has 1 fully saturated rings. The third kappa shape index (κ3) is 5.03.